The van der Waals surface area contributed by atoms with Crippen LogP contribution in [0.25, 0.3) is 0 Å². The molecule has 17 heavy (non-hydrogen) atoms. The zero-order valence-electron chi connectivity index (χ0n) is 9.96. The lowest BCUT2D eigenvalue weighted by Gasteiger charge is -2.19. The first-order valence-electron chi connectivity index (χ1n) is 5.87. The number of sulfonamides is 1. The van der Waals surface area contributed by atoms with E-state index in [0.29, 0.717) is 12.2 Å². The molecule has 1 fully saturated rings. The van der Waals surface area contributed by atoms with Crippen molar-refractivity contribution in [3.8, 4) is 0 Å². The third-order valence-corrected chi connectivity index (χ3v) is 4.92. The summed E-state index contributed by atoms with van der Waals surface area (Å²) in [6, 6.07) is 7.25. The summed E-state index contributed by atoms with van der Waals surface area (Å²) in [5.41, 5.74) is 7.02. The fraction of sp³-hybridized carbons (Fsp3) is 0.500. The van der Waals surface area contributed by atoms with Crippen LogP contribution in [0.4, 0.5) is 5.69 Å². The van der Waals surface area contributed by atoms with Crippen LogP contribution in [-0.2, 0) is 15.8 Å². The third-order valence-electron chi connectivity index (χ3n) is 2.95. The van der Waals surface area contributed by atoms with E-state index in [0.717, 1.165) is 18.4 Å². The number of nitrogens with two attached hydrogens (primary N) is 1. The first-order chi connectivity index (χ1) is 8.03. The van der Waals surface area contributed by atoms with E-state index in [-0.39, 0.29) is 11.8 Å². The number of hydrogen-bond acceptors (Lipinski definition) is 3. The molecule has 0 atom stereocenters. The first-order valence-corrected chi connectivity index (χ1v) is 7.48. The Morgan fingerprint density at radius 3 is 2.35 bits per heavy atom. The fourth-order valence-corrected chi connectivity index (χ4v) is 3.79. The van der Waals surface area contributed by atoms with Gasteiger partial charge in [0, 0.05) is 18.3 Å². The van der Waals surface area contributed by atoms with Crippen LogP contribution in [-0.4, -0.2) is 25.3 Å². The molecule has 0 bridgehead atoms. The van der Waals surface area contributed by atoms with Crippen molar-refractivity contribution < 1.29 is 8.42 Å². The van der Waals surface area contributed by atoms with Crippen molar-refractivity contribution in [2.75, 3.05) is 12.3 Å². The van der Waals surface area contributed by atoms with Crippen molar-refractivity contribution >= 4 is 15.7 Å². The summed E-state index contributed by atoms with van der Waals surface area (Å²) in [5, 5.41) is 0. The van der Waals surface area contributed by atoms with E-state index in [4.69, 9.17) is 5.73 Å². The van der Waals surface area contributed by atoms with Gasteiger partial charge in [-0.1, -0.05) is 19.1 Å². The van der Waals surface area contributed by atoms with Gasteiger partial charge in [-0.2, -0.15) is 4.31 Å². The van der Waals surface area contributed by atoms with Gasteiger partial charge in [-0.15, -0.1) is 0 Å². The Labute approximate surface area is 102 Å². The summed E-state index contributed by atoms with van der Waals surface area (Å²) in [7, 11) is -3.18. The normalized spacial score (nSPS) is 16.4. The van der Waals surface area contributed by atoms with E-state index in [2.05, 4.69) is 0 Å². The number of anilines is 1. The molecule has 0 saturated heterocycles. The lowest BCUT2D eigenvalue weighted by Crippen LogP contribution is -2.33. The molecular formula is C12H18N2O2S. The Hall–Kier alpha value is -1.07. The van der Waals surface area contributed by atoms with E-state index in [1.807, 2.05) is 6.92 Å². The summed E-state index contributed by atoms with van der Waals surface area (Å²) in [4.78, 5) is 0. The highest BCUT2D eigenvalue weighted by atomic mass is 32.2. The molecule has 1 aliphatic rings. The monoisotopic (exact) mass is 254 g/mol. The molecule has 0 aliphatic heterocycles. The molecule has 0 aromatic heterocycles. The number of nitrogens with zero attached hydrogens (tertiary/aromatic N) is 1. The second kappa shape index (κ2) is 4.66. The van der Waals surface area contributed by atoms with Crippen LogP contribution >= 0.6 is 0 Å². The van der Waals surface area contributed by atoms with Gasteiger partial charge in [-0.25, -0.2) is 8.42 Å². The van der Waals surface area contributed by atoms with Crippen LogP contribution in [0.1, 0.15) is 25.3 Å². The molecule has 5 heteroatoms. The fourth-order valence-electron chi connectivity index (χ4n) is 1.95. The number of benzene rings is 1. The third kappa shape index (κ3) is 2.98. The lowest BCUT2D eigenvalue weighted by atomic mass is 10.2. The van der Waals surface area contributed by atoms with E-state index in [1.54, 1.807) is 28.6 Å². The zero-order valence-corrected chi connectivity index (χ0v) is 10.8. The summed E-state index contributed by atoms with van der Waals surface area (Å²) in [6.45, 7) is 2.45. The van der Waals surface area contributed by atoms with E-state index < -0.39 is 10.0 Å². The lowest BCUT2D eigenvalue weighted by molar-refractivity contribution is 0.420. The van der Waals surface area contributed by atoms with Gasteiger partial charge in [-0.05, 0) is 30.5 Å². The molecule has 1 aliphatic carbocycles. The Morgan fingerprint density at radius 2 is 1.88 bits per heavy atom. The molecule has 2 N–H and O–H groups in total. The number of nitrogen functional groups attached to an aromatic ring is 1. The van der Waals surface area contributed by atoms with Gasteiger partial charge in [0.25, 0.3) is 0 Å². The van der Waals surface area contributed by atoms with Crippen LogP contribution in [0.3, 0.4) is 0 Å². The summed E-state index contributed by atoms with van der Waals surface area (Å²) < 4.78 is 26.0. The summed E-state index contributed by atoms with van der Waals surface area (Å²) in [5.74, 6) is 0.0671. The molecule has 0 radical (unpaired) electrons. The highest BCUT2D eigenvalue weighted by Crippen LogP contribution is 2.30. The molecule has 0 heterocycles. The van der Waals surface area contributed by atoms with Crippen LogP contribution in [0.5, 0.6) is 0 Å². The van der Waals surface area contributed by atoms with Crippen LogP contribution in [0, 0.1) is 0 Å². The van der Waals surface area contributed by atoms with Gasteiger partial charge in [0.1, 0.15) is 0 Å². The maximum atomic E-state index is 12.2. The molecule has 94 valence electrons. The molecule has 0 amide bonds. The SMILES string of the molecule is CCN(C1CC1)S(=O)(=O)Cc1ccc(N)cc1. The molecule has 2 rings (SSSR count). The van der Waals surface area contributed by atoms with Crippen molar-refractivity contribution in [2.24, 2.45) is 0 Å². The second-order valence-electron chi connectivity index (χ2n) is 4.43. The number of rotatable bonds is 5. The minimum Gasteiger partial charge on any atom is -0.399 e. The minimum atomic E-state index is -3.18. The van der Waals surface area contributed by atoms with Crippen LogP contribution in [0.2, 0.25) is 0 Å². The Kier molecular flexibility index (Phi) is 3.40. The van der Waals surface area contributed by atoms with Crippen molar-refractivity contribution in [1.82, 2.24) is 4.31 Å². The highest BCUT2D eigenvalue weighted by Gasteiger charge is 2.35. The molecule has 0 unspecified atom stereocenters. The maximum Gasteiger partial charge on any atom is 0.218 e. The van der Waals surface area contributed by atoms with Gasteiger partial charge in [0.15, 0.2) is 0 Å². The average molecular weight is 254 g/mol. The number of hydrogen-bond donors (Lipinski definition) is 1. The zero-order chi connectivity index (χ0) is 12.5. The molecular weight excluding hydrogens is 236 g/mol. The quantitative estimate of drug-likeness (QED) is 0.811. The molecule has 1 aromatic rings. The van der Waals surface area contributed by atoms with Gasteiger partial charge in [0.05, 0.1) is 5.75 Å². The largest absolute Gasteiger partial charge is 0.399 e. The van der Waals surface area contributed by atoms with Gasteiger partial charge in [0.2, 0.25) is 10.0 Å². The smallest absolute Gasteiger partial charge is 0.218 e. The Bertz CT molecular complexity index is 478. The average Bonchev–Trinajstić information content (AvgIpc) is 3.06. The van der Waals surface area contributed by atoms with Gasteiger partial charge in [-0.3, -0.25) is 0 Å². The molecule has 1 saturated carbocycles. The highest BCUT2D eigenvalue weighted by molar-refractivity contribution is 7.88. The topological polar surface area (TPSA) is 63.4 Å². The molecule has 4 nitrogen and oxygen atoms in total. The van der Waals surface area contributed by atoms with E-state index in [1.165, 1.54) is 0 Å². The Morgan fingerprint density at radius 1 is 1.29 bits per heavy atom. The predicted molar refractivity (Wildman–Crippen MR) is 68.9 cm³/mol. The predicted octanol–water partition coefficient (Wildman–Crippen LogP) is 1.58. The van der Waals surface area contributed by atoms with E-state index in [9.17, 15) is 8.42 Å². The van der Waals surface area contributed by atoms with Crippen LogP contribution < -0.4 is 5.73 Å². The Balaban J connectivity index is 2.13. The van der Waals surface area contributed by atoms with Crippen molar-refractivity contribution in [2.45, 2.75) is 31.6 Å². The second-order valence-corrected chi connectivity index (χ2v) is 6.35. The molecule has 0 spiro atoms. The van der Waals surface area contributed by atoms with Gasteiger partial charge < -0.3 is 5.73 Å². The van der Waals surface area contributed by atoms with Crippen molar-refractivity contribution in [3.63, 3.8) is 0 Å². The summed E-state index contributed by atoms with van der Waals surface area (Å²) in [6.07, 6.45) is 1.99. The molecule has 1 aromatic carbocycles. The van der Waals surface area contributed by atoms with Crippen LogP contribution in [0.15, 0.2) is 24.3 Å². The first kappa shape index (κ1) is 12.4. The summed E-state index contributed by atoms with van der Waals surface area (Å²) >= 11 is 0. The van der Waals surface area contributed by atoms with Crippen molar-refractivity contribution in [3.05, 3.63) is 29.8 Å². The minimum absolute atomic E-state index is 0.0671. The van der Waals surface area contributed by atoms with Gasteiger partial charge >= 0.3 is 0 Å². The van der Waals surface area contributed by atoms with Crippen molar-refractivity contribution in [1.29, 1.82) is 0 Å². The van der Waals surface area contributed by atoms with E-state index >= 15 is 0 Å². The maximum absolute atomic E-state index is 12.2. The standard InChI is InChI=1S/C12H18N2O2S/c1-2-14(12-7-8-12)17(15,16)9-10-3-5-11(13)6-4-10/h3-6,12H,2,7-9,13H2,1H3.